The third-order valence-corrected chi connectivity index (χ3v) is 5.33. The summed E-state index contributed by atoms with van der Waals surface area (Å²) in [6.45, 7) is 6.46. The Kier molecular flexibility index (Phi) is 5.52. The van der Waals surface area contributed by atoms with Crippen LogP contribution in [0.5, 0.6) is 0 Å². The molecule has 0 bridgehead atoms. The molecule has 0 amide bonds. The van der Waals surface area contributed by atoms with Crippen molar-refractivity contribution in [2.45, 2.75) is 20.8 Å². The van der Waals surface area contributed by atoms with Crippen LogP contribution in [0, 0.1) is 13.8 Å². The van der Waals surface area contributed by atoms with Crippen LogP contribution in [0.25, 0.3) is 0 Å². The molecule has 0 spiro atoms. The van der Waals surface area contributed by atoms with Crippen molar-refractivity contribution in [3.8, 4) is 0 Å². The molecular weight excluding hydrogens is 308 g/mol. The second-order valence-corrected chi connectivity index (χ2v) is 6.86. The van der Waals surface area contributed by atoms with Gasteiger partial charge in [0.2, 0.25) is 0 Å². The normalized spacial score (nSPS) is 14.1. The summed E-state index contributed by atoms with van der Waals surface area (Å²) in [4.78, 5) is 31.5. The monoisotopic (exact) mass is 326 g/mol. The third kappa shape index (κ3) is 3.71. The van der Waals surface area contributed by atoms with E-state index in [9.17, 15) is 9.59 Å². The fourth-order valence-electron chi connectivity index (χ4n) is 2.14. The first-order valence-electron chi connectivity index (χ1n) is 6.74. The SMILES string of the molecule is CCOC(=O)c1c(C)[nH]c(C(=O)CSC2=NCCS2)c1C. The lowest BCUT2D eigenvalue weighted by molar-refractivity contribution is 0.0525. The lowest BCUT2D eigenvalue weighted by Gasteiger charge is -2.03. The van der Waals surface area contributed by atoms with Gasteiger partial charge in [0, 0.05) is 11.4 Å². The fraction of sp³-hybridized carbons (Fsp3) is 0.500. The molecular formula is C14H18N2O3S2. The standard InChI is InChI=1S/C14H18N2O3S2/c1-4-19-13(18)11-8(2)12(16-9(11)3)10(17)7-21-14-15-5-6-20-14/h16H,4-7H2,1-3H3. The summed E-state index contributed by atoms with van der Waals surface area (Å²) < 4.78 is 5.99. The number of aryl methyl sites for hydroxylation is 1. The smallest absolute Gasteiger partial charge is 0.340 e. The molecule has 1 aromatic rings. The lowest BCUT2D eigenvalue weighted by Crippen LogP contribution is -2.08. The van der Waals surface area contributed by atoms with Gasteiger partial charge in [0.15, 0.2) is 5.78 Å². The number of ketones is 1. The van der Waals surface area contributed by atoms with E-state index in [2.05, 4.69) is 9.98 Å². The van der Waals surface area contributed by atoms with Crippen LogP contribution in [0.4, 0.5) is 0 Å². The minimum atomic E-state index is -0.383. The largest absolute Gasteiger partial charge is 0.462 e. The van der Waals surface area contributed by atoms with E-state index in [1.807, 2.05) is 0 Å². The maximum atomic E-state index is 12.3. The van der Waals surface area contributed by atoms with Crippen molar-refractivity contribution < 1.29 is 14.3 Å². The van der Waals surface area contributed by atoms with Crippen LogP contribution in [-0.4, -0.2) is 45.8 Å². The number of hydrogen-bond donors (Lipinski definition) is 1. The number of carbonyl (C=O) groups is 2. The summed E-state index contributed by atoms with van der Waals surface area (Å²) >= 11 is 3.14. The molecule has 0 radical (unpaired) electrons. The zero-order valence-corrected chi connectivity index (χ0v) is 13.9. The number of thioether (sulfide) groups is 2. The van der Waals surface area contributed by atoms with E-state index >= 15 is 0 Å². The molecule has 2 rings (SSSR count). The Morgan fingerprint density at radius 1 is 1.43 bits per heavy atom. The fourth-order valence-corrected chi connectivity index (χ4v) is 4.02. The minimum absolute atomic E-state index is 0.0219. The van der Waals surface area contributed by atoms with E-state index in [1.165, 1.54) is 11.8 Å². The Labute approximate surface area is 132 Å². The Bertz CT molecular complexity index is 593. The quantitative estimate of drug-likeness (QED) is 0.665. The number of nitrogens with zero attached hydrogens (tertiary/aromatic N) is 1. The van der Waals surface area contributed by atoms with Gasteiger partial charge in [0.1, 0.15) is 4.38 Å². The van der Waals surface area contributed by atoms with Crippen molar-refractivity contribution in [3.63, 3.8) is 0 Å². The van der Waals surface area contributed by atoms with E-state index in [1.54, 1.807) is 32.5 Å². The average Bonchev–Trinajstić information content (AvgIpc) is 3.04. The number of hydrogen-bond acceptors (Lipinski definition) is 6. The summed E-state index contributed by atoms with van der Waals surface area (Å²) in [6.07, 6.45) is 0. The van der Waals surface area contributed by atoms with Crippen molar-refractivity contribution in [2.24, 2.45) is 4.99 Å². The predicted molar refractivity (Wildman–Crippen MR) is 87.8 cm³/mol. The van der Waals surface area contributed by atoms with Crippen molar-refractivity contribution in [1.29, 1.82) is 0 Å². The zero-order chi connectivity index (χ0) is 15.4. The maximum Gasteiger partial charge on any atom is 0.340 e. The number of aliphatic imine (C=N–C) groups is 1. The Hall–Kier alpha value is -1.21. The molecule has 1 aromatic heterocycles. The number of H-pyrrole nitrogens is 1. The van der Waals surface area contributed by atoms with E-state index < -0.39 is 0 Å². The van der Waals surface area contributed by atoms with Crippen LogP contribution in [0.1, 0.15) is 39.0 Å². The van der Waals surface area contributed by atoms with Gasteiger partial charge in [-0.25, -0.2) is 4.79 Å². The van der Waals surface area contributed by atoms with Gasteiger partial charge < -0.3 is 9.72 Å². The number of Topliss-reactive ketones (excluding diaryl/α,β-unsaturated/α-hetero) is 1. The van der Waals surface area contributed by atoms with Gasteiger partial charge in [-0.2, -0.15) is 0 Å². The number of rotatable bonds is 5. The van der Waals surface area contributed by atoms with Crippen molar-refractivity contribution in [2.75, 3.05) is 24.7 Å². The first kappa shape index (κ1) is 16.2. The number of nitrogens with one attached hydrogen (secondary N) is 1. The number of aromatic amines is 1. The van der Waals surface area contributed by atoms with Gasteiger partial charge >= 0.3 is 5.97 Å². The number of ether oxygens (including phenoxy) is 1. The molecule has 0 unspecified atom stereocenters. The van der Waals surface area contributed by atoms with Gasteiger partial charge in [-0.3, -0.25) is 9.79 Å². The average molecular weight is 326 g/mol. The van der Waals surface area contributed by atoms with Crippen LogP contribution >= 0.6 is 23.5 Å². The molecule has 21 heavy (non-hydrogen) atoms. The summed E-state index contributed by atoms with van der Waals surface area (Å²) in [5.41, 5.74) is 2.30. The second kappa shape index (κ2) is 7.17. The highest BCUT2D eigenvalue weighted by atomic mass is 32.2. The van der Waals surface area contributed by atoms with E-state index in [-0.39, 0.29) is 11.8 Å². The molecule has 114 valence electrons. The summed E-state index contributed by atoms with van der Waals surface area (Å²) in [7, 11) is 0. The molecule has 0 aliphatic carbocycles. The number of carbonyl (C=O) groups excluding carboxylic acids is 2. The molecule has 2 heterocycles. The molecule has 0 atom stereocenters. The van der Waals surface area contributed by atoms with Crippen molar-refractivity contribution >= 4 is 39.7 Å². The van der Waals surface area contributed by atoms with E-state index in [0.717, 1.165) is 16.7 Å². The van der Waals surface area contributed by atoms with Gasteiger partial charge in [0.25, 0.3) is 0 Å². The first-order chi connectivity index (χ1) is 10.0. The Morgan fingerprint density at radius 3 is 2.81 bits per heavy atom. The van der Waals surface area contributed by atoms with Crippen molar-refractivity contribution in [3.05, 3.63) is 22.5 Å². The second-order valence-electron chi connectivity index (χ2n) is 4.55. The molecule has 7 heteroatoms. The number of aromatic nitrogens is 1. The molecule has 0 fully saturated rings. The summed E-state index contributed by atoms with van der Waals surface area (Å²) in [5.74, 6) is 0.913. The predicted octanol–water partition coefficient (Wildman–Crippen LogP) is 2.83. The van der Waals surface area contributed by atoms with Crippen molar-refractivity contribution in [1.82, 2.24) is 4.98 Å². The highest BCUT2D eigenvalue weighted by Gasteiger charge is 2.23. The molecule has 0 saturated carbocycles. The van der Waals surface area contributed by atoms with E-state index in [4.69, 9.17) is 4.74 Å². The highest BCUT2D eigenvalue weighted by Crippen LogP contribution is 2.25. The van der Waals surface area contributed by atoms with Gasteiger partial charge in [0.05, 0.1) is 30.2 Å². The molecule has 1 aliphatic heterocycles. The molecule has 0 aromatic carbocycles. The zero-order valence-electron chi connectivity index (χ0n) is 12.3. The van der Waals surface area contributed by atoms with Crippen LogP contribution in [0.15, 0.2) is 4.99 Å². The topological polar surface area (TPSA) is 71.5 Å². The van der Waals surface area contributed by atoms with Gasteiger partial charge in [-0.15, -0.1) is 0 Å². The minimum Gasteiger partial charge on any atom is -0.462 e. The van der Waals surface area contributed by atoms with Crippen LogP contribution in [0.2, 0.25) is 0 Å². The maximum absolute atomic E-state index is 12.3. The first-order valence-corrected chi connectivity index (χ1v) is 8.71. The Morgan fingerprint density at radius 2 is 2.19 bits per heavy atom. The van der Waals surface area contributed by atoms with Crippen LogP contribution in [0.3, 0.4) is 0 Å². The van der Waals surface area contributed by atoms with Crippen LogP contribution in [-0.2, 0) is 4.74 Å². The van der Waals surface area contributed by atoms with Crippen LogP contribution < -0.4 is 0 Å². The number of esters is 1. The molecule has 5 nitrogen and oxygen atoms in total. The molecule has 1 N–H and O–H groups in total. The summed E-state index contributed by atoms with van der Waals surface area (Å²) in [5, 5.41) is 0. The highest BCUT2D eigenvalue weighted by molar-refractivity contribution is 8.39. The van der Waals surface area contributed by atoms with E-state index in [0.29, 0.717) is 34.9 Å². The van der Waals surface area contributed by atoms with Gasteiger partial charge in [-0.05, 0) is 26.3 Å². The summed E-state index contributed by atoms with van der Waals surface area (Å²) in [6, 6.07) is 0. The van der Waals surface area contributed by atoms with Gasteiger partial charge in [-0.1, -0.05) is 23.5 Å². The Balaban J connectivity index is 2.10. The molecule has 0 saturated heterocycles. The molecule has 1 aliphatic rings. The lowest BCUT2D eigenvalue weighted by atomic mass is 10.1. The third-order valence-electron chi connectivity index (χ3n) is 3.08.